The third-order valence-electron chi connectivity index (χ3n) is 1.86. The van der Waals surface area contributed by atoms with Gasteiger partial charge < -0.3 is 10.2 Å². The van der Waals surface area contributed by atoms with Crippen molar-refractivity contribution in [1.82, 2.24) is 0 Å². The molecule has 1 atom stereocenters. The molecular weight excluding hydrogens is 188 g/mol. The fraction of sp³-hybridized carbons (Fsp3) is 0.538. The van der Waals surface area contributed by atoms with Gasteiger partial charge in [-0.25, -0.2) is 0 Å². The van der Waals surface area contributed by atoms with Crippen molar-refractivity contribution in [3.63, 3.8) is 0 Å². The summed E-state index contributed by atoms with van der Waals surface area (Å²) in [5.41, 5.74) is -0.794. The van der Waals surface area contributed by atoms with Crippen LogP contribution < -0.4 is 0 Å². The van der Waals surface area contributed by atoms with Gasteiger partial charge in [0.2, 0.25) is 0 Å². The van der Waals surface area contributed by atoms with Crippen LogP contribution >= 0.6 is 0 Å². The van der Waals surface area contributed by atoms with E-state index >= 15 is 0 Å². The summed E-state index contributed by atoms with van der Waals surface area (Å²) in [5, 5.41) is 18.8. The maximum Gasteiger partial charge on any atom is 0.0774 e. The van der Waals surface area contributed by atoms with E-state index in [2.05, 4.69) is 6.58 Å². The molecule has 0 heterocycles. The molecule has 0 rings (SSSR count). The van der Waals surface area contributed by atoms with E-state index in [1.165, 1.54) is 0 Å². The van der Waals surface area contributed by atoms with E-state index in [-0.39, 0.29) is 0 Å². The van der Waals surface area contributed by atoms with Crippen molar-refractivity contribution < 1.29 is 10.2 Å². The summed E-state index contributed by atoms with van der Waals surface area (Å²) in [7, 11) is 0. The highest BCUT2D eigenvalue weighted by Crippen LogP contribution is 2.04. The van der Waals surface area contributed by atoms with Gasteiger partial charge in [-0.05, 0) is 33.1 Å². The lowest BCUT2D eigenvalue weighted by Crippen LogP contribution is -2.13. The normalized spacial score (nSPS) is 14.9. The first kappa shape index (κ1) is 14.1. The molecule has 2 heteroatoms. The predicted octanol–water partition coefficient (Wildman–Crippen LogP) is 2.59. The fourth-order valence-electron chi connectivity index (χ4n) is 1.05. The zero-order chi connectivity index (χ0) is 11.7. The SMILES string of the molecule is C=CCCCC(O)C=CC=CC(C)(C)O. The first-order valence-corrected chi connectivity index (χ1v) is 5.33. The fourth-order valence-corrected chi connectivity index (χ4v) is 1.05. The van der Waals surface area contributed by atoms with Crippen molar-refractivity contribution in [2.75, 3.05) is 0 Å². The largest absolute Gasteiger partial charge is 0.389 e. The summed E-state index contributed by atoms with van der Waals surface area (Å²) >= 11 is 0. The zero-order valence-corrected chi connectivity index (χ0v) is 9.69. The lowest BCUT2D eigenvalue weighted by atomic mass is 10.1. The summed E-state index contributed by atoms with van der Waals surface area (Å²) < 4.78 is 0. The highest BCUT2D eigenvalue weighted by atomic mass is 16.3. The first-order valence-electron chi connectivity index (χ1n) is 5.33. The Morgan fingerprint density at radius 1 is 1.33 bits per heavy atom. The standard InChI is InChI=1S/C13H22O2/c1-4-5-6-9-12(14)10-7-8-11-13(2,3)15/h4,7-8,10-12,14-15H,1,5-6,9H2,2-3H3. The lowest BCUT2D eigenvalue weighted by molar-refractivity contribution is 0.133. The van der Waals surface area contributed by atoms with Crippen LogP contribution in [0.15, 0.2) is 37.0 Å². The van der Waals surface area contributed by atoms with E-state index in [4.69, 9.17) is 0 Å². The molecule has 0 fully saturated rings. The number of allylic oxidation sites excluding steroid dienone is 3. The van der Waals surface area contributed by atoms with Gasteiger partial charge in [0.25, 0.3) is 0 Å². The maximum atomic E-state index is 9.49. The van der Waals surface area contributed by atoms with E-state index < -0.39 is 11.7 Å². The Balaban J connectivity index is 3.76. The zero-order valence-electron chi connectivity index (χ0n) is 9.69. The van der Waals surface area contributed by atoms with E-state index in [1.807, 2.05) is 6.08 Å². The molecule has 0 saturated heterocycles. The molecule has 2 nitrogen and oxygen atoms in total. The Hall–Kier alpha value is -0.860. The van der Waals surface area contributed by atoms with Crippen molar-refractivity contribution in [3.8, 4) is 0 Å². The molecule has 0 aliphatic rings. The van der Waals surface area contributed by atoms with Gasteiger partial charge in [-0.3, -0.25) is 0 Å². The molecular formula is C13H22O2. The molecule has 15 heavy (non-hydrogen) atoms. The number of hydrogen-bond acceptors (Lipinski definition) is 2. The van der Waals surface area contributed by atoms with Crippen LogP contribution in [0.1, 0.15) is 33.1 Å². The average Bonchev–Trinajstić information content (AvgIpc) is 2.11. The summed E-state index contributed by atoms with van der Waals surface area (Å²) in [4.78, 5) is 0. The molecule has 0 aromatic rings. The Morgan fingerprint density at radius 2 is 2.00 bits per heavy atom. The second kappa shape index (κ2) is 7.43. The van der Waals surface area contributed by atoms with Crippen LogP contribution in [0.2, 0.25) is 0 Å². The topological polar surface area (TPSA) is 40.5 Å². The quantitative estimate of drug-likeness (QED) is 0.385. The van der Waals surface area contributed by atoms with Gasteiger partial charge in [0.1, 0.15) is 0 Å². The van der Waals surface area contributed by atoms with Crippen molar-refractivity contribution in [3.05, 3.63) is 37.0 Å². The van der Waals surface area contributed by atoms with E-state index in [0.29, 0.717) is 0 Å². The van der Waals surface area contributed by atoms with Crippen LogP contribution in [-0.4, -0.2) is 21.9 Å². The van der Waals surface area contributed by atoms with E-state index in [9.17, 15) is 10.2 Å². The summed E-state index contributed by atoms with van der Waals surface area (Å²) in [6, 6.07) is 0. The number of aliphatic hydroxyl groups excluding tert-OH is 1. The molecule has 0 aromatic heterocycles. The molecule has 0 spiro atoms. The second-order valence-electron chi connectivity index (χ2n) is 4.18. The minimum atomic E-state index is -0.794. The van der Waals surface area contributed by atoms with Crippen LogP contribution in [0.4, 0.5) is 0 Å². The van der Waals surface area contributed by atoms with Crippen LogP contribution in [0.5, 0.6) is 0 Å². The molecule has 86 valence electrons. The van der Waals surface area contributed by atoms with Gasteiger partial charge >= 0.3 is 0 Å². The predicted molar refractivity (Wildman–Crippen MR) is 64.6 cm³/mol. The number of unbranched alkanes of at least 4 members (excludes halogenated alkanes) is 1. The van der Waals surface area contributed by atoms with Crippen LogP contribution in [0.25, 0.3) is 0 Å². The summed E-state index contributed by atoms with van der Waals surface area (Å²) in [6.07, 6.45) is 11.0. The van der Waals surface area contributed by atoms with Gasteiger partial charge in [-0.1, -0.05) is 30.4 Å². The van der Waals surface area contributed by atoms with E-state index in [0.717, 1.165) is 19.3 Å². The molecule has 0 saturated carbocycles. The minimum Gasteiger partial charge on any atom is -0.389 e. The van der Waals surface area contributed by atoms with Gasteiger partial charge in [0, 0.05) is 0 Å². The molecule has 2 N–H and O–H groups in total. The molecule has 0 aliphatic carbocycles. The molecule has 0 bridgehead atoms. The van der Waals surface area contributed by atoms with Crippen molar-refractivity contribution in [2.24, 2.45) is 0 Å². The maximum absolute atomic E-state index is 9.49. The van der Waals surface area contributed by atoms with Crippen LogP contribution in [-0.2, 0) is 0 Å². The number of aliphatic hydroxyl groups is 2. The number of hydrogen-bond donors (Lipinski definition) is 2. The van der Waals surface area contributed by atoms with Gasteiger partial charge in [-0.15, -0.1) is 6.58 Å². The Bertz CT molecular complexity index is 221. The Morgan fingerprint density at radius 3 is 2.53 bits per heavy atom. The monoisotopic (exact) mass is 210 g/mol. The Kier molecular flexibility index (Phi) is 7.01. The molecule has 1 unspecified atom stereocenters. The van der Waals surface area contributed by atoms with Gasteiger partial charge in [0.15, 0.2) is 0 Å². The van der Waals surface area contributed by atoms with Gasteiger partial charge in [-0.2, -0.15) is 0 Å². The first-order chi connectivity index (χ1) is 6.95. The Labute approximate surface area is 92.6 Å². The molecule has 0 aromatic carbocycles. The van der Waals surface area contributed by atoms with Crippen molar-refractivity contribution >= 4 is 0 Å². The van der Waals surface area contributed by atoms with Gasteiger partial charge in [0.05, 0.1) is 11.7 Å². The van der Waals surface area contributed by atoms with Crippen LogP contribution in [0.3, 0.4) is 0 Å². The van der Waals surface area contributed by atoms with E-state index in [1.54, 1.807) is 38.2 Å². The van der Waals surface area contributed by atoms with Crippen molar-refractivity contribution in [2.45, 2.75) is 44.8 Å². The third kappa shape index (κ3) is 11.1. The highest BCUT2D eigenvalue weighted by molar-refractivity contribution is 5.09. The molecule has 0 aliphatic heterocycles. The molecule has 0 amide bonds. The second-order valence-corrected chi connectivity index (χ2v) is 4.18. The number of rotatable bonds is 7. The highest BCUT2D eigenvalue weighted by Gasteiger charge is 2.04. The molecule has 0 radical (unpaired) electrons. The van der Waals surface area contributed by atoms with Crippen molar-refractivity contribution in [1.29, 1.82) is 0 Å². The average molecular weight is 210 g/mol. The minimum absolute atomic E-state index is 0.406. The lowest BCUT2D eigenvalue weighted by Gasteiger charge is -2.09. The smallest absolute Gasteiger partial charge is 0.0774 e. The third-order valence-corrected chi connectivity index (χ3v) is 1.86. The summed E-state index contributed by atoms with van der Waals surface area (Å²) in [6.45, 7) is 7.03. The van der Waals surface area contributed by atoms with Crippen LogP contribution in [0, 0.1) is 0 Å². The summed E-state index contributed by atoms with van der Waals surface area (Å²) in [5.74, 6) is 0.